The third-order valence-electron chi connectivity index (χ3n) is 4.79. The van der Waals surface area contributed by atoms with Gasteiger partial charge in [-0.3, -0.25) is 0 Å². The zero-order valence-electron chi connectivity index (χ0n) is 13.4. The summed E-state index contributed by atoms with van der Waals surface area (Å²) in [6.45, 7) is 4.48. The molecule has 0 atom stereocenters. The number of hydrogen-bond donors (Lipinski definition) is 1. The fourth-order valence-corrected chi connectivity index (χ4v) is 3.59. The molecule has 120 valence electrons. The molecule has 0 aliphatic carbocycles. The molecule has 0 saturated carbocycles. The van der Waals surface area contributed by atoms with Crippen LogP contribution in [0.25, 0.3) is 0 Å². The van der Waals surface area contributed by atoms with E-state index in [9.17, 15) is 0 Å². The van der Waals surface area contributed by atoms with Gasteiger partial charge >= 0.3 is 0 Å². The molecule has 2 N–H and O–H groups in total. The molecule has 0 aromatic heterocycles. The number of nitrogen functional groups attached to an aromatic ring is 1. The highest BCUT2D eigenvalue weighted by atomic mass is 16.5. The molecule has 4 nitrogen and oxygen atoms in total. The molecule has 0 spiro atoms. The van der Waals surface area contributed by atoms with Crippen molar-refractivity contribution in [2.45, 2.75) is 12.8 Å². The Hall–Kier alpha value is -2.20. The van der Waals surface area contributed by atoms with Crippen LogP contribution >= 0.6 is 0 Å². The summed E-state index contributed by atoms with van der Waals surface area (Å²) in [6, 6.07) is 15.1. The largest absolute Gasteiger partial charge is 0.397 e. The molecule has 4 rings (SSSR count). The predicted molar refractivity (Wildman–Crippen MR) is 95.7 cm³/mol. The zero-order chi connectivity index (χ0) is 15.6. The van der Waals surface area contributed by atoms with Crippen molar-refractivity contribution in [1.29, 1.82) is 0 Å². The van der Waals surface area contributed by atoms with Gasteiger partial charge in [0.2, 0.25) is 0 Å². The highest BCUT2D eigenvalue weighted by Gasteiger charge is 2.20. The molecule has 2 aliphatic heterocycles. The Labute approximate surface area is 137 Å². The average Bonchev–Trinajstić information content (AvgIpc) is 2.62. The van der Waals surface area contributed by atoms with E-state index in [0.29, 0.717) is 0 Å². The van der Waals surface area contributed by atoms with Crippen LogP contribution in [0.3, 0.4) is 0 Å². The molecule has 0 amide bonds. The summed E-state index contributed by atoms with van der Waals surface area (Å²) in [5.74, 6) is 0. The Balaban J connectivity index is 1.65. The predicted octanol–water partition coefficient (Wildman–Crippen LogP) is 3.19. The molecule has 0 bridgehead atoms. The van der Waals surface area contributed by atoms with Crippen molar-refractivity contribution in [3.05, 3.63) is 48.0 Å². The molecule has 0 unspecified atom stereocenters. The minimum Gasteiger partial charge on any atom is -0.397 e. The van der Waals surface area contributed by atoms with Gasteiger partial charge in [-0.05, 0) is 42.7 Å². The summed E-state index contributed by atoms with van der Waals surface area (Å²) in [5, 5.41) is 0. The van der Waals surface area contributed by atoms with E-state index >= 15 is 0 Å². The number of nitrogens with two attached hydrogens (primary N) is 1. The summed E-state index contributed by atoms with van der Waals surface area (Å²) < 4.78 is 5.43. The minimum absolute atomic E-state index is 0.793. The van der Waals surface area contributed by atoms with E-state index in [-0.39, 0.29) is 0 Å². The van der Waals surface area contributed by atoms with Crippen molar-refractivity contribution in [2.75, 3.05) is 48.4 Å². The molecule has 1 saturated heterocycles. The monoisotopic (exact) mass is 309 g/mol. The first-order valence-corrected chi connectivity index (χ1v) is 8.40. The topological polar surface area (TPSA) is 41.7 Å². The second-order valence-electron chi connectivity index (χ2n) is 6.23. The highest BCUT2D eigenvalue weighted by molar-refractivity contribution is 5.79. The van der Waals surface area contributed by atoms with Crippen molar-refractivity contribution in [1.82, 2.24) is 0 Å². The van der Waals surface area contributed by atoms with E-state index in [1.807, 2.05) is 0 Å². The lowest BCUT2D eigenvalue weighted by Crippen LogP contribution is -2.36. The van der Waals surface area contributed by atoms with E-state index in [1.54, 1.807) is 0 Å². The summed E-state index contributed by atoms with van der Waals surface area (Å²) in [6.07, 6.45) is 2.32. The number of nitrogens with zero attached hydrogens (tertiary/aromatic N) is 2. The van der Waals surface area contributed by atoms with Crippen LogP contribution < -0.4 is 15.5 Å². The minimum atomic E-state index is 0.793. The molecule has 0 radical (unpaired) electrons. The molecule has 4 heteroatoms. The number of aryl methyl sites for hydroxylation is 1. The molecule has 2 aliphatic rings. The number of morpholine rings is 1. The Morgan fingerprint density at radius 1 is 0.913 bits per heavy atom. The van der Waals surface area contributed by atoms with Crippen molar-refractivity contribution in [3.8, 4) is 0 Å². The zero-order valence-corrected chi connectivity index (χ0v) is 13.4. The van der Waals surface area contributed by atoms with Crippen LogP contribution in [-0.4, -0.2) is 32.8 Å². The molecule has 2 heterocycles. The van der Waals surface area contributed by atoms with Crippen LogP contribution in [-0.2, 0) is 11.2 Å². The van der Waals surface area contributed by atoms with Gasteiger partial charge < -0.3 is 20.3 Å². The second kappa shape index (κ2) is 6.13. The van der Waals surface area contributed by atoms with Gasteiger partial charge in [0.1, 0.15) is 0 Å². The number of fused-ring (bicyclic) bond motifs is 1. The third kappa shape index (κ3) is 2.75. The van der Waals surface area contributed by atoms with Gasteiger partial charge in [-0.1, -0.05) is 18.2 Å². The lowest BCUT2D eigenvalue weighted by Gasteiger charge is -2.33. The molecule has 2 aromatic carbocycles. The van der Waals surface area contributed by atoms with Crippen LogP contribution in [0.4, 0.5) is 22.7 Å². The molecular formula is C19H23N3O. The van der Waals surface area contributed by atoms with Crippen LogP contribution in [0.1, 0.15) is 12.0 Å². The number of benzene rings is 2. The summed E-state index contributed by atoms with van der Waals surface area (Å²) in [7, 11) is 0. The van der Waals surface area contributed by atoms with E-state index in [1.165, 1.54) is 23.4 Å². The van der Waals surface area contributed by atoms with Crippen LogP contribution in [0.15, 0.2) is 42.5 Å². The van der Waals surface area contributed by atoms with Crippen LogP contribution in [0, 0.1) is 0 Å². The van der Waals surface area contributed by atoms with Crippen LogP contribution in [0.5, 0.6) is 0 Å². The van der Waals surface area contributed by atoms with Gasteiger partial charge in [-0.25, -0.2) is 0 Å². The number of hydrogen-bond acceptors (Lipinski definition) is 4. The maximum Gasteiger partial charge on any atom is 0.0646 e. The lowest BCUT2D eigenvalue weighted by molar-refractivity contribution is 0.122. The van der Waals surface area contributed by atoms with Crippen molar-refractivity contribution in [2.24, 2.45) is 0 Å². The Morgan fingerprint density at radius 2 is 1.74 bits per heavy atom. The molecular weight excluding hydrogens is 286 g/mol. The Kier molecular flexibility index (Phi) is 3.83. The number of anilines is 4. The molecule has 2 aromatic rings. The molecule has 23 heavy (non-hydrogen) atoms. The summed E-state index contributed by atoms with van der Waals surface area (Å²) >= 11 is 0. The van der Waals surface area contributed by atoms with E-state index in [4.69, 9.17) is 10.5 Å². The van der Waals surface area contributed by atoms with E-state index < -0.39 is 0 Å². The highest BCUT2D eigenvalue weighted by Crippen LogP contribution is 2.37. The second-order valence-corrected chi connectivity index (χ2v) is 6.23. The van der Waals surface area contributed by atoms with Crippen LogP contribution in [0.2, 0.25) is 0 Å². The van der Waals surface area contributed by atoms with Gasteiger partial charge in [0.05, 0.1) is 24.6 Å². The average molecular weight is 309 g/mol. The van der Waals surface area contributed by atoms with Gasteiger partial charge in [-0.15, -0.1) is 0 Å². The van der Waals surface area contributed by atoms with Gasteiger partial charge in [0.25, 0.3) is 0 Å². The van der Waals surface area contributed by atoms with Crippen molar-refractivity contribution in [3.63, 3.8) is 0 Å². The Bertz CT molecular complexity index is 695. The van der Waals surface area contributed by atoms with Gasteiger partial charge in [0, 0.05) is 31.0 Å². The fourth-order valence-electron chi connectivity index (χ4n) is 3.59. The van der Waals surface area contributed by atoms with E-state index in [0.717, 1.165) is 50.6 Å². The number of para-hydroxylation sites is 1. The summed E-state index contributed by atoms with van der Waals surface area (Å²) in [5.41, 5.74) is 12.3. The third-order valence-corrected chi connectivity index (χ3v) is 4.79. The first kappa shape index (κ1) is 14.4. The maximum atomic E-state index is 6.42. The summed E-state index contributed by atoms with van der Waals surface area (Å²) in [4.78, 5) is 4.70. The quantitative estimate of drug-likeness (QED) is 0.865. The maximum absolute atomic E-state index is 6.42. The Morgan fingerprint density at radius 3 is 2.57 bits per heavy atom. The fraction of sp³-hybridized carbons (Fsp3) is 0.368. The first-order chi connectivity index (χ1) is 11.3. The van der Waals surface area contributed by atoms with Crippen molar-refractivity contribution >= 4 is 22.7 Å². The number of rotatable bonds is 2. The standard InChI is InChI=1S/C19H23N3O/c20-17-14-16(21-10-12-23-13-11-21)7-8-19(17)22-9-3-5-15-4-1-2-6-18(15)22/h1-2,4,6-8,14H,3,5,9-13,20H2. The SMILES string of the molecule is Nc1cc(N2CCOCC2)ccc1N1CCCc2ccccc21. The van der Waals surface area contributed by atoms with Crippen molar-refractivity contribution < 1.29 is 4.74 Å². The number of ether oxygens (including phenoxy) is 1. The lowest BCUT2D eigenvalue weighted by atomic mass is 10.0. The van der Waals surface area contributed by atoms with E-state index in [2.05, 4.69) is 52.3 Å². The first-order valence-electron chi connectivity index (χ1n) is 8.40. The smallest absolute Gasteiger partial charge is 0.0646 e. The molecule has 1 fully saturated rings. The van der Waals surface area contributed by atoms with Gasteiger partial charge in [-0.2, -0.15) is 0 Å². The van der Waals surface area contributed by atoms with Gasteiger partial charge in [0.15, 0.2) is 0 Å². The normalized spacial score (nSPS) is 17.9.